The third-order valence-electron chi connectivity index (χ3n) is 5.07. The SMILES string of the molecule is COc1ccc(Cc2sc(=O)[nH]c2O)cc1C#CCN1c2ccccc2C(=O)NC1C. The molecule has 3 N–H and O–H groups in total. The predicted molar refractivity (Wildman–Crippen MR) is 120 cm³/mol. The minimum atomic E-state index is -0.288. The van der Waals surface area contributed by atoms with Gasteiger partial charge in [0.1, 0.15) is 5.75 Å². The number of hydrogen-bond donors (Lipinski definition) is 3. The van der Waals surface area contributed by atoms with Crippen molar-refractivity contribution in [1.82, 2.24) is 10.3 Å². The van der Waals surface area contributed by atoms with Gasteiger partial charge >= 0.3 is 4.87 Å². The van der Waals surface area contributed by atoms with E-state index in [9.17, 15) is 14.7 Å². The Morgan fingerprint density at radius 1 is 1.23 bits per heavy atom. The number of hydrogen-bond acceptors (Lipinski definition) is 6. The summed E-state index contributed by atoms with van der Waals surface area (Å²) in [6, 6.07) is 13.1. The standard InChI is InChI=1S/C23H21N3O4S/c1-14-24-21(27)17-7-3-4-8-18(17)26(14)11-5-6-16-12-15(9-10-19(16)30-2)13-20-22(28)25-23(29)31-20/h3-4,7-10,12,14,28H,11,13H2,1-2H3,(H,24,27)(H,25,29). The van der Waals surface area contributed by atoms with Gasteiger partial charge in [-0.1, -0.05) is 41.4 Å². The number of para-hydroxylation sites is 1. The molecule has 0 aliphatic carbocycles. The topological polar surface area (TPSA) is 94.7 Å². The summed E-state index contributed by atoms with van der Waals surface area (Å²) in [5.74, 6) is 6.80. The van der Waals surface area contributed by atoms with Gasteiger partial charge in [0.05, 0.1) is 41.5 Å². The number of aromatic hydroxyl groups is 1. The average Bonchev–Trinajstić information content (AvgIpc) is 3.07. The van der Waals surface area contributed by atoms with Crippen LogP contribution in [0.1, 0.15) is 33.3 Å². The number of nitrogens with zero attached hydrogens (tertiary/aromatic N) is 1. The molecule has 7 nitrogen and oxygen atoms in total. The van der Waals surface area contributed by atoms with E-state index in [-0.39, 0.29) is 22.8 Å². The summed E-state index contributed by atoms with van der Waals surface area (Å²) in [6.45, 7) is 2.34. The summed E-state index contributed by atoms with van der Waals surface area (Å²) >= 11 is 0.986. The van der Waals surface area contributed by atoms with Crippen molar-refractivity contribution in [2.24, 2.45) is 0 Å². The van der Waals surface area contributed by atoms with Crippen LogP contribution in [0.4, 0.5) is 5.69 Å². The molecule has 0 saturated carbocycles. The van der Waals surface area contributed by atoms with Gasteiger partial charge < -0.3 is 20.1 Å². The molecule has 1 atom stereocenters. The Balaban J connectivity index is 1.58. The van der Waals surface area contributed by atoms with E-state index in [1.165, 1.54) is 0 Å². The van der Waals surface area contributed by atoms with Gasteiger partial charge in [0.25, 0.3) is 5.91 Å². The molecule has 1 aliphatic rings. The van der Waals surface area contributed by atoms with Gasteiger partial charge in [0.15, 0.2) is 0 Å². The van der Waals surface area contributed by atoms with E-state index in [4.69, 9.17) is 4.74 Å². The Morgan fingerprint density at radius 3 is 2.77 bits per heavy atom. The minimum absolute atomic E-state index is 0.0861. The maximum Gasteiger partial charge on any atom is 0.307 e. The van der Waals surface area contributed by atoms with E-state index in [2.05, 4.69) is 22.1 Å². The molecule has 158 valence electrons. The number of rotatable bonds is 4. The molecule has 0 bridgehead atoms. The Bertz CT molecular complexity index is 1250. The third-order valence-corrected chi connectivity index (χ3v) is 5.94. The maximum absolute atomic E-state index is 12.2. The Kier molecular flexibility index (Phi) is 5.69. The lowest BCUT2D eigenvalue weighted by Gasteiger charge is -2.35. The first kappa shape index (κ1) is 20.6. The van der Waals surface area contributed by atoms with Gasteiger partial charge in [-0.3, -0.25) is 14.6 Å². The van der Waals surface area contributed by atoms with Crippen molar-refractivity contribution in [2.45, 2.75) is 19.5 Å². The number of carbonyl (C=O) groups excluding carboxylic acids is 1. The second kappa shape index (κ2) is 8.58. The van der Waals surface area contributed by atoms with Gasteiger partial charge in [-0.25, -0.2) is 0 Å². The van der Waals surface area contributed by atoms with Crippen molar-refractivity contribution >= 4 is 22.9 Å². The van der Waals surface area contributed by atoms with Crippen LogP contribution in [0.5, 0.6) is 11.6 Å². The molecule has 2 heterocycles. The average molecular weight is 436 g/mol. The fourth-order valence-electron chi connectivity index (χ4n) is 3.53. The highest BCUT2D eigenvalue weighted by atomic mass is 32.1. The summed E-state index contributed by atoms with van der Waals surface area (Å²) in [5, 5.41) is 12.8. The molecule has 0 fully saturated rings. The number of ether oxygens (including phenoxy) is 1. The molecule has 4 rings (SSSR count). The van der Waals surface area contributed by atoms with E-state index >= 15 is 0 Å². The highest BCUT2D eigenvalue weighted by Gasteiger charge is 2.26. The highest BCUT2D eigenvalue weighted by Crippen LogP contribution is 2.26. The van der Waals surface area contributed by atoms with Crippen LogP contribution >= 0.6 is 11.3 Å². The van der Waals surface area contributed by atoms with Crippen molar-refractivity contribution in [1.29, 1.82) is 0 Å². The zero-order chi connectivity index (χ0) is 22.0. The quantitative estimate of drug-likeness (QED) is 0.548. The molecule has 1 amide bonds. The largest absolute Gasteiger partial charge is 0.495 e. The number of methoxy groups -OCH3 is 1. The first-order valence-corrected chi connectivity index (χ1v) is 10.5. The van der Waals surface area contributed by atoms with Crippen molar-refractivity contribution < 1.29 is 14.6 Å². The summed E-state index contributed by atoms with van der Waals surface area (Å²) in [7, 11) is 1.59. The predicted octanol–water partition coefficient (Wildman–Crippen LogP) is 2.69. The number of amides is 1. The first-order chi connectivity index (χ1) is 15.0. The lowest BCUT2D eigenvalue weighted by atomic mass is 10.1. The summed E-state index contributed by atoms with van der Waals surface area (Å²) in [5.41, 5.74) is 3.10. The Labute approximate surface area is 183 Å². The van der Waals surface area contributed by atoms with Crippen molar-refractivity contribution in [3.63, 3.8) is 0 Å². The number of carbonyl (C=O) groups is 1. The molecule has 1 unspecified atom stereocenters. The van der Waals surface area contributed by atoms with Crippen LogP contribution in [0, 0.1) is 11.8 Å². The van der Waals surface area contributed by atoms with Gasteiger partial charge in [-0.15, -0.1) is 0 Å². The van der Waals surface area contributed by atoms with E-state index in [0.29, 0.717) is 34.7 Å². The van der Waals surface area contributed by atoms with Crippen molar-refractivity contribution in [3.8, 4) is 23.5 Å². The lowest BCUT2D eigenvalue weighted by molar-refractivity contribution is 0.0931. The number of thiazole rings is 1. The van der Waals surface area contributed by atoms with E-state index in [1.807, 2.05) is 48.2 Å². The van der Waals surface area contributed by atoms with E-state index in [0.717, 1.165) is 22.6 Å². The minimum Gasteiger partial charge on any atom is -0.495 e. The summed E-state index contributed by atoms with van der Waals surface area (Å²) < 4.78 is 5.44. The molecule has 1 aromatic heterocycles. The number of benzene rings is 2. The third kappa shape index (κ3) is 4.27. The molecular formula is C23H21N3O4S. The first-order valence-electron chi connectivity index (χ1n) is 9.69. The summed E-state index contributed by atoms with van der Waals surface area (Å²) in [4.78, 5) is 28.3. The van der Waals surface area contributed by atoms with Crippen molar-refractivity contribution in [2.75, 3.05) is 18.6 Å². The second-order valence-corrected chi connectivity index (χ2v) is 8.16. The van der Waals surface area contributed by atoms with Crippen LogP contribution in [-0.4, -0.2) is 35.8 Å². The molecular weight excluding hydrogens is 414 g/mol. The zero-order valence-corrected chi connectivity index (χ0v) is 17.9. The lowest BCUT2D eigenvalue weighted by Crippen LogP contribution is -2.51. The molecule has 0 saturated heterocycles. The number of anilines is 1. The maximum atomic E-state index is 12.2. The molecule has 0 radical (unpaired) electrons. The fraction of sp³-hybridized carbons (Fsp3) is 0.217. The highest BCUT2D eigenvalue weighted by molar-refractivity contribution is 7.09. The van der Waals surface area contributed by atoms with Crippen molar-refractivity contribution in [3.05, 3.63) is 73.7 Å². The zero-order valence-electron chi connectivity index (χ0n) is 17.1. The van der Waals surface area contributed by atoms with E-state index in [1.54, 1.807) is 13.2 Å². The number of nitrogens with one attached hydrogen (secondary N) is 2. The van der Waals surface area contributed by atoms with Gasteiger partial charge in [-0.2, -0.15) is 0 Å². The number of fused-ring (bicyclic) bond motifs is 1. The monoisotopic (exact) mass is 435 g/mol. The number of aromatic amines is 1. The van der Waals surface area contributed by atoms with E-state index < -0.39 is 0 Å². The molecule has 31 heavy (non-hydrogen) atoms. The fourth-order valence-corrected chi connectivity index (χ4v) is 4.29. The molecule has 2 aromatic carbocycles. The summed E-state index contributed by atoms with van der Waals surface area (Å²) in [6.07, 6.45) is 0.237. The van der Waals surface area contributed by atoms with Crippen LogP contribution in [-0.2, 0) is 6.42 Å². The molecule has 8 heteroatoms. The Morgan fingerprint density at radius 2 is 2.03 bits per heavy atom. The van der Waals surface area contributed by atoms with Crippen LogP contribution in [0.2, 0.25) is 0 Å². The number of aromatic nitrogens is 1. The second-order valence-electron chi connectivity index (χ2n) is 7.09. The van der Waals surface area contributed by atoms with Gasteiger partial charge in [-0.05, 0) is 36.8 Å². The Hall–Kier alpha value is -3.70. The van der Waals surface area contributed by atoms with Crippen LogP contribution < -0.4 is 19.8 Å². The smallest absolute Gasteiger partial charge is 0.307 e. The molecule has 3 aromatic rings. The van der Waals surface area contributed by atoms with Crippen LogP contribution in [0.3, 0.4) is 0 Å². The normalized spacial score (nSPS) is 15.0. The van der Waals surface area contributed by atoms with Gasteiger partial charge in [0, 0.05) is 6.42 Å². The molecule has 1 aliphatic heterocycles. The number of H-pyrrole nitrogens is 1. The van der Waals surface area contributed by atoms with Crippen LogP contribution in [0.25, 0.3) is 0 Å². The molecule has 0 spiro atoms. The van der Waals surface area contributed by atoms with Crippen LogP contribution in [0.15, 0.2) is 47.3 Å². The van der Waals surface area contributed by atoms with Gasteiger partial charge in [0.2, 0.25) is 5.88 Å².